The van der Waals surface area contributed by atoms with E-state index in [1.807, 2.05) is 13.8 Å². The summed E-state index contributed by atoms with van der Waals surface area (Å²) in [6, 6.07) is 0. The Kier molecular flexibility index (Phi) is 8.18. The Morgan fingerprint density at radius 3 is 1.56 bits per heavy atom. The molecule has 94 valence electrons. The van der Waals surface area contributed by atoms with Crippen molar-refractivity contribution in [1.29, 1.82) is 0 Å². The van der Waals surface area contributed by atoms with Gasteiger partial charge in [-0.1, -0.05) is 21.8 Å². The minimum absolute atomic E-state index is 0.297. The minimum atomic E-state index is -0.704. The molecule has 0 saturated heterocycles. The summed E-state index contributed by atoms with van der Waals surface area (Å²) < 4.78 is 9.87. The average Bonchev–Trinajstić information content (AvgIpc) is 2.25. The zero-order chi connectivity index (χ0) is 12.6. The lowest BCUT2D eigenvalue weighted by molar-refractivity contribution is -0.153. The highest BCUT2D eigenvalue weighted by molar-refractivity contribution is 7.60. The SMILES string of the molecule is CCOC(=O)C(C(=O)OCC)P(CC)CC. The van der Waals surface area contributed by atoms with Crippen LogP contribution in [0.4, 0.5) is 0 Å². The van der Waals surface area contributed by atoms with Gasteiger partial charge in [0.15, 0.2) is 5.66 Å². The fraction of sp³-hybridized carbons (Fsp3) is 0.818. The molecular weight excluding hydrogens is 227 g/mol. The number of carbonyl (C=O) groups is 2. The second kappa shape index (κ2) is 8.51. The molecule has 0 atom stereocenters. The van der Waals surface area contributed by atoms with Crippen molar-refractivity contribution in [2.45, 2.75) is 33.4 Å². The van der Waals surface area contributed by atoms with Crippen LogP contribution in [0.1, 0.15) is 27.7 Å². The summed E-state index contributed by atoms with van der Waals surface area (Å²) in [6.45, 7) is 8.04. The van der Waals surface area contributed by atoms with E-state index in [2.05, 4.69) is 0 Å². The molecule has 0 radical (unpaired) electrons. The molecule has 0 saturated carbocycles. The first-order valence-corrected chi connectivity index (χ1v) is 7.47. The summed E-state index contributed by atoms with van der Waals surface area (Å²) in [7, 11) is -0.671. The van der Waals surface area contributed by atoms with Crippen molar-refractivity contribution in [2.24, 2.45) is 0 Å². The summed E-state index contributed by atoms with van der Waals surface area (Å²) >= 11 is 0. The maximum absolute atomic E-state index is 11.7. The molecule has 0 aliphatic carbocycles. The molecule has 0 fully saturated rings. The van der Waals surface area contributed by atoms with Crippen molar-refractivity contribution in [3.63, 3.8) is 0 Å². The van der Waals surface area contributed by atoms with Crippen LogP contribution in [0, 0.1) is 0 Å². The van der Waals surface area contributed by atoms with E-state index in [-0.39, 0.29) is 0 Å². The van der Waals surface area contributed by atoms with Crippen molar-refractivity contribution in [1.82, 2.24) is 0 Å². The van der Waals surface area contributed by atoms with Crippen LogP contribution in [0.25, 0.3) is 0 Å². The van der Waals surface area contributed by atoms with E-state index in [4.69, 9.17) is 9.47 Å². The number of esters is 2. The zero-order valence-electron chi connectivity index (χ0n) is 10.5. The molecule has 0 aromatic rings. The summed E-state index contributed by atoms with van der Waals surface area (Å²) in [5.74, 6) is -0.869. The highest BCUT2D eigenvalue weighted by Crippen LogP contribution is 2.41. The normalized spacial score (nSPS) is 10.6. The van der Waals surface area contributed by atoms with Gasteiger partial charge in [-0.3, -0.25) is 9.59 Å². The lowest BCUT2D eigenvalue weighted by Crippen LogP contribution is -2.33. The topological polar surface area (TPSA) is 52.6 Å². The highest BCUT2D eigenvalue weighted by atomic mass is 31.1. The number of hydrogen-bond donors (Lipinski definition) is 0. The Hall–Kier alpha value is -0.630. The molecule has 0 heterocycles. The Morgan fingerprint density at radius 1 is 0.938 bits per heavy atom. The molecule has 0 rings (SSSR count). The highest BCUT2D eigenvalue weighted by Gasteiger charge is 2.35. The number of ether oxygens (including phenoxy) is 2. The first-order chi connectivity index (χ1) is 7.62. The molecule has 4 nitrogen and oxygen atoms in total. The van der Waals surface area contributed by atoms with E-state index < -0.39 is 25.5 Å². The molecule has 0 amide bonds. The molecule has 16 heavy (non-hydrogen) atoms. The molecule has 0 aromatic heterocycles. The van der Waals surface area contributed by atoms with Crippen LogP contribution >= 0.6 is 7.92 Å². The Morgan fingerprint density at radius 2 is 1.31 bits per heavy atom. The van der Waals surface area contributed by atoms with Crippen molar-refractivity contribution in [3.8, 4) is 0 Å². The third-order valence-electron chi connectivity index (χ3n) is 2.20. The molecule has 0 aromatic carbocycles. The monoisotopic (exact) mass is 248 g/mol. The maximum Gasteiger partial charge on any atom is 0.324 e. The quantitative estimate of drug-likeness (QED) is 0.393. The van der Waals surface area contributed by atoms with Gasteiger partial charge in [-0.15, -0.1) is 0 Å². The van der Waals surface area contributed by atoms with Crippen molar-refractivity contribution >= 4 is 19.9 Å². The van der Waals surface area contributed by atoms with Gasteiger partial charge in [0.05, 0.1) is 13.2 Å². The second-order valence-electron chi connectivity index (χ2n) is 3.13. The largest absolute Gasteiger partial charge is 0.465 e. The third kappa shape index (κ3) is 4.48. The second-order valence-corrected chi connectivity index (χ2v) is 6.09. The molecule has 0 bridgehead atoms. The van der Waals surface area contributed by atoms with Crippen molar-refractivity contribution in [3.05, 3.63) is 0 Å². The average molecular weight is 248 g/mol. The fourth-order valence-corrected chi connectivity index (χ4v) is 3.35. The Bertz CT molecular complexity index is 208. The summed E-state index contributed by atoms with van der Waals surface area (Å²) in [5, 5.41) is 0. The summed E-state index contributed by atoms with van der Waals surface area (Å²) in [5.41, 5.74) is -0.704. The Balaban J connectivity index is 4.73. The van der Waals surface area contributed by atoms with Crippen LogP contribution in [-0.4, -0.2) is 43.1 Å². The minimum Gasteiger partial charge on any atom is -0.465 e. The van der Waals surface area contributed by atoms with E-state index in [0.29, 0.717) is 13.2 Å². The van der Waals surface area contributed by atoms with Gasteiger partial charge in [0.1, 0.15) is 0 Å². The molecule has 5 heteroatoms. The molecule has 0 aliphatic heterocycles. The van der Waals surface area contributed by atoms with E-state index in [1.54, 1.807) is 13.8 Å². The zero-order valence-corrected chi connectivity index (χ0v) is 11.4. The van der Waals surface area contributed by atoms with E-state index in [0.717, 1.165) is 12.3 Å². The van der Waals surface area contributed by atoms with Crippen LogP contribution < -0.4 is 0 Å². The molecule has 0 unspecified atom stereocenters. The van der Waals surface area contributed by atoms with Gasteiger partial charge in [-0.2, -0.15) is 0 Å². The first kappa shape index (κ1) is 15.4. The molecule has 0 spiro atoms. The smallest absolute Gasteiger partial charge is 0.324 e. The van der Waals surface area contributed by atoms with Gasteiger partial charge in [0.25, 0.3) is 0 Å². The van der Waals surface area contributed by atoms with Gasteiger partial charge in [0.2, 0.25) is 0 Å². The van der Waals surface area contributed by atoms with Crippen LogP contribution in [0.5, 0.6) is 0 Å². The van der Waals surface area contributed by atoms with Gasteiger partial charge in [0, 0.05) is 0 Å². The van der Waals surface area contributed by atoms with Crippen molar-refractivity contribution in [2.75, 3.05) is 25.5 Å². The van der Waals surface area contributed by atoms with Gasteiger partial charge in [-0.05, 0) is 26.2 Å². The predicted octanol–water partition coefficient (Wildman–Crippen LogP) is 2.00. The van der Waals surface area contributed by atoms with Crippen LogP contribution in [0.3, 0.4) is 0 Å². The van der Waals surface area contributed by atoms with Crippen molar-refractivity contribution < 1.29 is 19.1 Å². The van der Waals surface area contributed by atoms with Gasteiger partial charge >= 0.3 is 11.9 Å². The number of rotatable bonds is 7. The first-order valence-electron chi connectivity index (χ1n) is 5.69. The van der Waals surface area contributed by atoms with E-state index >= 15 is 0 Å². The molecule has 0 N–H and O–H groups in total. The van der Waals surface area contributed by atoms with Gasteiger partial charge < -0.3 is 9.47 Å². The third-order valence-corrected chi connectivity index (χ3v) is 4.97. The number of carbonyl (C=O) groups excluding carboxylic acids is 2. The van der Waals surface area contributed by atoms with Crippen LogP contribution in [0.15, 0.2) is 0 Å². The van der Waals surface area contributed by atoms with Crippen LogP contribution in [-0.2, 0) is 19.1 Å². The van der Waals surface area contributed by atoms with E-state index in [9.17, 15) is 9.59 Å². The predicted molar refractivity (Wildman–Crippen MR) is 65.1 cm³/mol. The molecule has 0 aliphatic rings. The summed E-state index contributed by atoms with van der Waals surface area (Å²) in [4.78, 5) is 23.4. The van der Waals surface area contributed by atoms with E-state index in [1.165, 1.54) is 0 Å². The Labute approximate surface area is 98.4 Å². The van der Waals surface area contributed by atoms with Gasteiger partial charge in [-0.25, -0.2) is 0 Å². The lowest BCUT2D eigenvalue weighted by atomic mass is 10.4. The fourth-order valence-electron chi connectivity index (χ4n) is 1.43. The lowest BCUT2D eigenvalue weighted by Gasteiger charge is -2.22. The standard InChI is InChI=1S/C11H21O4P/c1-5-14-10(12)9(11(13)15-6-2)16(7-3)8-4/h9H,5-8H2,1-4H3. The maximum atomic E-state index is 11.7. The molecular formula is C11H21O4P. The number of hydrogen-bond acceptors (Lipinski definition) is 4. The summed E-state index contributed by atoms with van der Waals surface area (Å²) in [6.07, 6.45) is 1.66. The van der Waals surface area contributed by atoms with Crippen LogP contribution in [0.2, 0.25) is 0 Å².